The number of aliphatic hydroxyl groups is 1. The second kappa shape index (κ2) is 13.1. The summed E-state index contributed by atoms with van der Waals surface area (Å²) in [5.41, 5.74) is 2.83. The van der Waals surface area contributed by atoms with E-state index in [1.807, 2.05) is 0 Å². The van der Waals surface area contributed by atoms with Gasteiger partial charge in [-0.05, 0) is 93.7 Å². The predicted octanol–water partition coefficient (Wildman–Crippen LogP) is 5.81. The zero-order valence-corrected chi connectivity index (χ0v) is 22.7. The van der Waals surface area contributed by atoms with E-state index in [-0.39, 0.29) is 31.6 Å². The number of nitrogens with one attached hydrogen (secondary N) is 1. The van der Waals surface area contributed by atoms with Gasteiger partial charge in [0.2, 0.25) is 0 Å². The molecule has 5 nitrogen and oxygen atoms in total. The maximum atomic E-state index is 13.3. The lowest BCUT2D eigenvalue weighted by Crippen LogP contribution is -2.45. The molecule has 0 saturated carbocycles. The van der Waals surface area contributed by atoms with Crippen molar-refractivity contribution >= 4 is 5.97 Å². The van der Waals surface area contributed by atoms with E-state index in [1.54, 1.807) is 13.8 Å². The summed E-state index contributed by atoms with van der Waals surface area (Å²) in [4.78, 5) is 11.8. The second-order valence-corrected chi connectivity index (χ2v) is 10.9. The summed E-state index contributed by atoms with van der Waals surface area (Å²) in [5.74, 6) is 0.0889. The largest absolute Gasteiger partial charge is 0.466 e. The number of fused-ring (bicyclic) bond motifs is 1. The van der Waals surface area contributed by atoms with Gasteiger partial charge in [0.25, 0.3) is 0 Å². The molecule has 0 aliphatic heterocycles. The van der Waals surface area contributed by atoms with Crippen molar-refractivity contribution in [3.05, 3.63) is 70.3 Å². The number of carbonyl (C=O) groups is 1. The lowest BCUT2D eigenvalue weighted by atomic mass is 9.88. The van der Waals surface area contributed by atoms with Gasteiger partial charge in [-0.15, -0.1) is 0 Å². The molecule has 0 saturated heterocycles. The first-order chi connectivity index (χ1) is 17.9. The Balaban J connectivity index is 1.52. The van der Waals surface area contributed by atoms with Crippen LogP contribution in [-0.2, 0) is 39.7 Å². The fourth-order valence-electron chi connectivity index (χ4n) is 5.25. The molecular weight excluding hydrogens is 495 g/mol. The number of benzene rings is 2. The molecule has 0 unspecified atom stereocenters. The Kier molecular flexibility index (Phi) is 10.4. The van der Waals surface area contributed by atoms with E-state index in [9.17, 15) is 23.1 Å². The van der Waals surface area contributed by atoms with E-state index in [1.165, 1.54) is 17.2 Å². The Bertz CT molecular complexity index is 1040. The summed E-state index contributed by atoms with van der Waals surface area (Å²) in [6, 6.07) is 12.0. The topological polar surface area (TPSA) is 67.8 Å². The summed E-state index contributed by atoms with van der Waals surface area (Å²) < 4.78 is 50.7. The Hall–Kier alpha value is -2.42. The highest BCUT2D eigenvalue weighted by atomic mass is 19.4. The molecule has 0 heterocycles. The van der Waals surface area contributed by atoms with Gasteiger partial charge in [-0.3, -0.25) is 4.79 Å². The number of hydrogen-bond acceptors (Lipinski definition) is 5. The van der Waals surface area contributed by atoms with Crippen LogP contribution >= 0.6 is 0 Å². The number of rotatable bonds is 13. The van der Waals surface area contributed by atoms with Crippen molar-refractivity contribution in [3.8, 4) is 0 Å². The first-order valence-electron chi connectivity index (χ1n) is 13.3. The number of ether oxygens (including phenoxy) is 2. The Labute approximate surface area is 223 Å². The smallest absolute Gasteiger partial charge is 0.416 e. The van der Waals surface area contributed by atoms with Crippen LogP contribution in [0.5, 0.6) is 0 Å². The molecule has 0 amide bonds. The summed E-state index contributed by atoms with van der Waals surface area (Å²) in [5, 5.41) is 14.0. The van der Waals surface area contributed by atoms with Crippen molar-refractivity contribution in [1.29, 1.82) is 0 Å². The molecule has 1 aliphatic rings. The van der Waals surface area contributed by atoms with Crippen molar-refractivity contribution in [2.45, 2.75) is 83.7 Å². The number of β-amino-alcohol motifs (C(OH)–C–C–N with tert-alkyl or cyclic N) is 1. The lowest BCUT2D eigenvalue weighted by Gasteiger charge is -2.31. The molecule has 2 atom stereocenters. The highest BCUT2D eigenvalue weighted by Gasteiger charge is 2.32. The van der Waals surface area contributed by atoms with E-state index in [4.69, 9.17) is 9.47 Å². The van der Waals surface area contributed by atoms with E-state index in [2.05, 4.69) is 43.4 Å². The van der Waals surface area contributed by atoms with E-state index in [0.717, 1.165) is 31.4 Å². The van der Waals surface area contributed by atoms with Gasteiger partial charge in [0, 0.05) is 18.5 Å². The molecule has 0 spiro atoms. The first-order valence-corrected chi connectivity index (χ1v) is 13.3. The summed E-state index contributed by atoms with van der Waals surface area (Å²) in [6.07, 6.45) is -2.65. The molecular formula is C30H40F3NO4. The van der Waals surface area contributed by atoms with Gasteiger partial charge in [0.05, 0.1) is 31.0 Å². The Morgan fingerprint density at radius 2 is 1.79 bits per heavy atom. The third-order valence-electron chi connectivity index (χ3n) is 7.10. The van der Waals surface area contributed by atoms with Crippen molar-refractivity contribution in [2.75, 3.05) is 19.8 Å². The molecule has 0 bridgehead atoms. The molecule has 0 aromatic heterocycles. The fourth-order valence-corrected chi connectivity index (χ4v) is 5.25. The van der Waals surface area contributed by atoms with Crippen LogP contribution in [0, 0.1) is 5.92 Å². The van der Waals surface area contributed by atoms with Gasteiger partial charge in [-0.25, -0.2) is 0 Å². The summed E-state index contributed by atoms with van der Waals surface area (Å²) >= 11 is 0. The van der Waals surface area contributed by atoms with Gasteiger partial charge in [-0.1, -0.05) is 30.3 Å². The third-order valence-corrected chi connectivity index (χ3v) is 7.10. The molecule has 1 aliphatic carbocycles. The van der Waals surface area contributed by atoms with Crippen molar-refractivity contribution in [2.24, 2.45) is 5.92 Å². The number of alkyl halides is 3. The standard InChI is InChI=1S/C30H40F3NO4/c1-5-37-28(36)13-10-24-16-25(30(31,32)33)11-12-27(24)20(2)38-19-26(35)18-34-29(3,4)17-21-14-22-8-6-7-9-23(22)15-21/h6-9,11-12,16,20-21,26,34-35H,5,10,13-15,17-19H2,1-4H3/t20-,26-/m1/s1. The average molecular weight is 536 g/mol. The van der Waals surface area contributed by atoms with Crippen LogP contribution in [0.2, 0.25) is 0 Å². The van der Waals surface area contributed by atoms with Crippen LogP contribution in [0.3, 0.4) is 0 Å². The fraction of sp³-hybridized carbons (Fsp3) is 0.567. The monoisotopic (exact) mass is 535 g/mol. The molecule has 2 N–H and O–H groups in total. The number of aliphatic hydroxyl groups excluding tert-OH is 1. The van der Waals surface area contributed by atoms with Crippen LogP contribution < -0.4 is 5.32 Å². The highest BCUT2D eigenvalue weighted by Crippen LogP contribution is 2.34. The minimum absolute atomic E-state index is 0.0252. The van der Waals surface area contributed by atoms with Crippen LogP contribution in [0.25, 0.3) is 0 Å². The van der Waals surface area contributed by atoms with Crippen LogP contribution in [0.15, 0.2) is 42.5 Å². The zero-order valence-electron chi connectivity index (χ0n) is 22.7. The lowest BCUT2D eigenvalue weighted by molar-refractivity contribution is -0.143. The second-order valence-electron chi connectivity index (χ2n) is 10.9. The Morgan fingerprint density at radius 3 is 2.39 bits per heavy atom. The SMILES string of the molecule is CCOC(=O)CCc1cc(C(F)(F)F)ccc1[C@@H](C)OC[C@H](O)CNC(C)(C)CC1Cc2ccccc2C1. The molecule has 2 aromatic carbocycles. The van der Waals surface area contributed by atoms with Crippen molar-refractivity contribution < 1.29 is 32.5 Å². The molecule has 3 rings (SSSR count). The van der Waals surface area contributed by atoms with E-state index < -0.39 is 29.9 Å². The minimum Gasteiger partial charge on any atom is -0.466 e. The zero-order chi connectivity index (χ0) is 27.9. The van der Waals surface area contributed by atoms with Crippen LogP contribution in [-0.4, -0.2) is 42.5 Å². The number of carbonyl (C=O) groups excluding carboxylic acids is 1. The quantitative estimate of drug-likeness (QED) is 0.317. The molecule has 0 fully saturated rings. The van der Waals surface area contributed by atoms with Crippen LogP contribution in [0.1, 0.15) is 74.5 Å². The first kappa shape index (κ1) is 30.1. The average Bonchev–Trinajstić information content (AvgIpc) is 3.25. The van der Waals surface area contributed by atoms with Gasteiger partial charge in [-0.2, -0.15) is 13.2 Å². The van der Waals surface area contributed by atoms with Crippen molar-refractivity contribution in [1.82, 2.24) is 5.32 Å². The van der Waals surface area contributed by atoms with Gasteiger partial charge >= 0.3 is 12.1 Å². The van der Waals surface area contributed by atoms with Gasteiger partial charge in [0.1, 0.15) is 0 Å². The highest BCUT2D eigenvalue weighted by molar-refractivity contribution is 5.69. The van der Waals surface area contributed by atoms with Crippen molar-refractivity contribution in [3.63, 3.8) is 0 Å². The third kappa shape index (κ3) is 8.82. The number of aryl methyl sites for hydroxylation is 1. The number of esters is 1. The maximum absolute atomic E-state index is 13.3. The minimum atomic E-state index is -4.49. The Morgan fingerprint density at radius 1 is 1.13 bits per heavy atom. The molecule has 2 aromatic rings. The van der Waals surface area contributed by atoms with E-state index in [0.29, 0.717) is 23.6 Å². The normalized spacial score (nSPS) is 15.8. The number of hydrogen-bond donors (Lipinski definition) is 2. The summed E-state index contributed by atoms with van der Waals surface area (Å²) in [6.45, 7) is 8.25. The van der Waals surface area contributed by atoms with Gasteiger partial charge in [0.15, 0.2) is 0 Å². The molecule has 38 heavy (non-hydrogen) atoms. The summed E-state index contributed by atoms with van der Waals surface area (Å²) in [7, 11) is 0. The molecule has 210 valence electrons. The van der Waals surface area contributed by atoms with Gasteiger partial charge < -0.3 is 19.9 Å². The van der Waals surface area contributed by atoms with E-state index >= 15 is 0 Å². The molecule has 0 radical (unpaired) electrons. The number of halogens is 3. The van der Waals surface area contributed by atoms with Crippen LogP contribution in [0.4, 0.5) is 13.2 Å². The maximum Gasteiger partial charge on any atom is 0.416 e. The predicted molar refractivity (Wildman–Crippen MR) is 141 cm³/mol. The molecule has 8 heteroatoms.